The molecule has 1 N–H and O–H groups in total. The van der Waals surface area contributed by atoms with Crippen LogP contribution in [0.3, 0.4) is 0 Å². The van der Waals surface area contributed by atoms with Crippen LogP contribution < -0.4 is 10.9 Å². The van der Waals surface area contributed by atoms with Crippen molar-refractivity contribution in [2.45, 2.75) is 25.3 Å². The molecule has 0 saturated carbocycles. The van der Waals surface area contributed by atoms with E-state index in [1.54, 1.807) is 13.1 Å². The average molecular weight is 425 g/mol. The number of nitrogens with one attached hydrogen (secondary N) is 1. The number of rotatable bonds is 6. The molecule has 156 valence electrons. The number of nitrogens with zero attached hydrogens (tertiary/aromatic N) is 3. The molecule has 4 rings (SSSR count). The first-order chi connectivity index (χ1) is 14.5. The molecule has 6 nitrogen and oxygen atoms in total. The normalized spacial score (nSPS) is 15.4. The van der Waals surface area contributed by atoms with Crippen LogP contribution >= 0.6 is 11.6 Å². The summed E-state index contributed by atoms with van der Waals surface area (Å²) in [5, 5.41) is 9.41. The Morgan fingerprint density at radius 3 is 2.50 bits per heavy atom. The Morgan fingerprint density at radius 1 is 1.10 bits per heavy atom. The second-order valence-corrected chi connectivity index (χ2v) is 8.09. The Morgan fingerprint density at radius 2 is 1.77 bits per heavy atom. The lowest BCUT2D eigenvalue weighted by molar-refractivity contribution is -0.120. The Kier molecular flexibility index (Phi) is 6.16. The number of hydrogen-bond acceptors (Lipinski definition) is 4. The van der Waals surface area contributed by atoms with Crippen molar-refractivity contribution in [3.05, 3.63) is 75.2 Å². The van der Waals surface area contributed by atoms with Crippen LogP contribution in [0.1, 0.15) is 30.1 Å². The third kappa shape index (κ3) is 4.25. The van der Waals surface area contributed by atoms with Crippen molar-refractivity contribution in [1.29, 1.82) is 0 Å². The number of carbonyl (C=O) groups is 1. The molecule has 0 spiro atoms. The second-order valence-electron chi connectivity index (χ2n) is 7.68. The van der Waals surface area contributed by atoms with Gasteiger partial charge in [-0.2, -0.15) is 5.10 Å². The second kappa shape index (κ2) is 8.98. The van der Waals surface area contributed by atoms with Gasteiger partial charge >= 0.3 is 0 Å². The fourth-order valence-electron chi connectivity index (χ4n) is 4.17. The van der Waals surface area contributed by atoms with E-state index in [-0.39, 0.29) is 23.9 Å². The van der Waals surface area contributed by atoms with Crippen LogP contribution in [0, 0.1) is 0 Å². The Bertz CT molecular complexity index is 1120. The summed E-state index contributed by atoms with van der Waals surface area (Å²) in [6.45, 7) is 2.48. The SMILES string of the molecule is Cn1nc(CC(=O)NCC(c2ccccc2Cl)N2CCCC2)c2ccccc2c1=O. The van der Waals surface area contributed by atoms with E-state index in [9.17, 15) is 9.59 Å². The van der Waals surface area contributed by atoms with E-state index in [0.29, 0.717) is 17.6 Å². The molecule has 1 fully saturated rings. The van der Waals surface area contributed by atoms with Crippen LogP contribution in [0.25, 0.3) is 10.8 Å². The number of halogens is 1. The smallest absolute Gasteiger partial charge is 0.274 e. The highest BCUT2D eigenvalue weighted by atomic mass is 35.5. The summed E-state index contributed by atoms with van der Waals surface area (Å²) >= 11 is 6.46. The molecule has 0 bridgehead atoms. The van der Waals surface area contributed by atoms with Crippen LogP contribution in [0.5, 0.6) is 0 Å². The third-order valence-corrected chi connectivity index (χ3v) is 6.04. The molecule has 3 aromatic rings. The minimum Gasteiger partial charge on any atom is -0.354 e. The summed E-state index contributed by atoms with van der Waals surface area (Å²) in [6, 6.07) is 15.1. The molecule has 1 aromatic heterocycles. The van der Waals surface area contributed by atoms with E-state index >= 15 is 0 Å². The molecular weight excluding hydrogens is 400 g/mol. The van der Waals surface area contributed by atoms with Crippen molar-refractivity contribution in [2.75, 3.05) is 19.6 Å². The van der Waals surface area contributed by atoms with E-state index < -0.39 is 0 Å². The maximum absolute atomic E-state index is 12.8. The molecule has 0 aliphatic carbocycles. The van der Waals surface area contributed by atoms with Gasteiger partial charge in [-0.3, -0.25) is 14.5 Å². The number of hydrogen-bond donors (Lipinski definition) is 1. The maximum Gasteiger partial charge on any atom is 0.274 e. The van der Waals surface area contributed by atoms with Crippen molar-refractivity contribution in [3.8, 4) is 0 Å². The highest BCUT2D eigenvalue weighted by molar-refractivity contribution is 6.31. The number of aromatic nitrogens is 2. The van der Waals surface area contributed by atoms with E-state index in [1.807, 2.05) is 42.5 Å². The molecule has 7 heteroatoms. The molecule has 1 aliphatic heterocycles. The van der Waals surface area contributed by atoms with Crippen molar-refractivity contribution in [1.82, 2.24) is 20.0 Å². The molecule has 30 heavy (non-hydrogen) atoms. The molecule has 2 aromatic carbocycles. The van der Waals surface area contributed by atoms with Crippen molar-refractivity contribution < 1.29 is 4.79 Å². The summed E-state index contributed by atoms with van der Waals surface area (Å²) in [6.07, 6.45) is 2.43. The predicted molar refractivity (Wildman–Crippen MR) is 119 cm³/mol. The summed E-state index contributed by atoms with van der Waals surface area (Å²) in [5.41, 5.74) is 1.47. The summed E-state index contributed by atoms with van der Waals surface area (Å²) in [4.78, 5) is 27.5. The maximum atomic E-state index is 12.8. The van der Waals surface area contributed by atoms with Gasteiger partial charge in [0.05, 0.1) is 23.5 Å². The molecule has 1 atom stereocenters. The van der Waals surface area contributed by atoms with Gasteiger partial charge in [0.25, 0.3) is 5.56 Å². The van der Waals surface area contributed by atoms with Crippen LogP contribution in [0.4, 0.5) is 0 Å². The topological polar surface area (TPSA) is 67.2 Å². The number of amides is 1. The van der Waals surface area contributed by atoms with Gasteiger partial charge in [0.2, 0.25) is 5.91 Å². The van der Waals surface area contributed by atoms with Crippen LogP contribution in [0.15, 0.2) is 53.3 Å². The van der Waals surface area contributed by atoms with E-state index in [2.05, 4.69) is 15.3 Å². The lowest BCUT2D eigenvalue weighted by Gasteiger charge is -2.29. The zero-order chi connectivity index (χ0) is 21.1. The first-order valence-electron chi connectivity index (χ1n) is 10.2. The lowest BCUT2D eigenvalue weighted by atomic mass is 10.0. The van der Waals surface area contributed by atoms with Crippen LogP contribution in [0.2, 0.25) is 5.02 Å². The zero-order valence-electron chi connectivity index (χ0n) is 17.0. The van der Waals surface area contributed by atoms with Gasteiger partial charge in [0.15, 0.2) is 0 Å². The van der Waals surface area contributed by atoms with E-state index in [4.69, 9.17) is 11.6 Å². The molecule has 2 heterocycles. The summed E-state index contributed by atoms with van der Waals surface area (Å²) < 4.78 is 1.29. The minimum absolute atomic E-state index is 0.0370. The molecule has 1 amide bonds. The number of aryl methyl sites for hydroxylation is 1. The van der Waals surface area contributed by atoms with Gasteiger partial charge in [-0.05, 0) is 43.6 Å². The molecule has 1 saturated heterocycles. The quantitative estimate of drug-likeness (QED) is 0.660. The Balaban J connectivity index is 1.52. The van der Waals surface area contributed by atoms with Gasteiger partial charge in [-0.1, -0.05) is 48.0 Å². The minimum atomic E-state index is -0.164. The third-order valence-electron chi connectivity index (χ3n) is 5.70. The van der Waals surface area contributed by atoms with Gasteiger partial charge < -0.3 is 5.32 Å². The van der Waals surface area contributed by atoms with E-state index in [0.717, 1.165) is 41.9 Å². The number of carbonyl (C=O) groups excluding carboxylic acids is 1. The highest BCUT2D eigenvalue weighted by Gasteiger charge is 2.25. The standard InChI is InChI=1S/C23H25ClN4O2/c1-27-23(30)17-9-3-2-8-16(17)20(26-27)14-22(29)25-15-21(28-12-6-7-13-28)18-10-4-5-11-19(18)24/h2-5,8-11,21H,6-7,12-15H2,1H3,(H,25,29). The summed E-state index contributed by atoms with van der Waals surface area (Å²) in [5.74, 6) is -0.123. The largest absolute Gasteiger partial charge is 0.354 e. The summed E-state index contributed by atoms with van der Waals surface area (Å²) in [7, 11) is 1.61. The Labute approximate surface area is 180 Å². The molecule has 1 aliphatic rings. The van der Waals surface area contributed by atoms with Crippen LogP contribution in [-0.4, -0.2) is 40.2 Å². The number of likely N-dealkylation sites (tertiary alicyclic amines) is 1. The van der Waals surface area contributed by atoms with Crippen molar-refractivity contribution in [2.24, 2.45) is 7.05 Å². The van der Waals surface area contributed by atoms with Crippen LogP contribution in [-0.2, 0) is 18.3 Å². The molecule has 0 radical (unpaired) electrons. The molecular formula is C23H25ClN4O2. The van der Waals surface area contributed by atoms with Crippen molar-refractivity contribution >= 4 is 28.3 Å². The van der Waals surface area contributed by atoms with Gasteiger partial charge in [-0.25, -0.2) is 4.68 Å². The van der Waals surface area contributed by atoms with Gasteiger partial charge in [0.1, 0.15) is 0 Å². The number of fused-ring (bicyclic) bond motifs is 1. The zero-order valence-corrected chi connectivity index (χ0v) is 17.7. The number of benzene rings is 2. The fraction of sp³-hybridized carbons (Fsp3) is 0.348. The first-order valence-corrected chi connectivity index (χ1v) is 10.6. The molecule has 1 unspecified atom stereocenters. The Hall–Kier alpha value is -2.70. The fourth-order valence-corrected chi connectivity index (χ4v) is 4.43. The first kappa shape index (κ1) is 20.6. The monoisotopic (exact) mass is 424 g/mol. The average Bonchev–Trinajstić information content (AvgIpc) is 3.28. The predicted octanol–water partition coefficient (Wildman–Crippen LogP) is 3.08. The van der Waals surface area contributed by atoms with Crippen molar-refractivity contribution in [3.63, 3.8) is 0 Å². The lowest BCUT2D eigenvalue weighted by Crippen LogP contribution is -2.37. The van der Waals surface area contributed by atoms with Gasteiger partial charge in [-0.15, -0.1) is 0 Å². The van der Waals surface area contributed by atoms with Gasteiger partial charge in [0, 0.05) is 24.0 Å². The van der Waals surface area contributed by atoms with E-state index in [1.165, 1.54) is 4.68 Å². The highest BCUT2D eigenvalue weighted by Crippen LogP contribution is 2.29.